The van der Waals surface area contributed by atoms with Crippen LogP contribution in [-0.4, -0.2) is 21.8 Å². The van der Waals surface area contributed by atoms with Crippen LogP contribution in [0.25, 0.3) is 5.76 Å². The zero-order valence-corrected chi connectivity index (χ0v) is 18.2. The fraction of sp³-hybridized carbons (Fsp3) is 0.0870. The van der Waals surface area contributed by atoms with Gasteiger partial charge in [0.05, 0.1) is 11.6 Å². The fourth-order valence-electron chi connectivity index (χ4n) is 3.45. The van der Waals surface area contributed by atoms with Crippen molar-refractivity contribution in [3.63, 3.8) is 0 Å². The van der Waals surface area contributed by atoms with E-state index < -0.39 is 17.7 Å². The lowest BCUT2D eigenvalue weighted by Crippen LogP contribution is -2.29. The van der Waals surface area contributed by atoms with Gasteiger partial charge in [-0.15, -0.1) is 0 Å². The molecule has 2 heterocycles. The molecule has 1 atom stereocenters. The molecule has 1 aliphatic heterocycles. The fourth-order valence-corrected chi connectivity index (χ4v) is 3.94. The summed E-state index contributed by atoms with van der Waals surface area (Å²) in [6, 6.07) is 14.5. The van der Waals surface area contributed by atoms with Crippen LogP contribution in [-0.2, 0) is 9.59 Å². The van der Waals surface area contributed by atoms with E-state index >= 15 is 0 Å². The molecule has 150 valence electrons. The van der Waals surface area contributed by atoms with Crippen molar-refractivity contribution in [3.8, 4) is 0 Å². The number of benzene rings is 2. The Kier molecular flexibility index (Phi) is 5.45. The van der Waals surface area contributed by atoms with Gasteiger partial charge in [0, 0.05) is 33.1 Å². The second-order valence-corrected chi connectivity index (χ2v) is 8.19. The van der Waals surface area contributed by atoms with Crippen LogP contribution >= 0.6 is 27.5 Å². The van der Waals surface area contributed by atoms with Crippen LogP contribution in [0.5, 0.6) is 0 Å². The number of aliphatic hydroxyl groups excluding tert-OH is 1. The van der Waals surface area contributed by atoms with Crippen LogP contribution in [0.4, 0.5) is 5.69 Å². The Morgan fingerprint density at radius 3 is 2.50 bits per heavy atom. The average molecular weight is 484 g/mol. The molecule has 1 aliphatic rings. The topological polar surface area (TPSA) is 70.5 Å². The van der Waals surface area contributed by atoms with Crippen molar-refractivity contribution >= 4 is 50.7 Å². The highest BCUT2D eigenvalue weighted by Crippen LogP contribution is 2.42. The summed E-state index contributed by atoms with van der Waals surface area (Å²) in [5.41, 5.74) is 2.56. The Bertz CT molecular complexity index is 1180. The van der Waals surface area contributed by atoms with Crippen LogP contribution in [0, 0.1) is 6.92 Å². The smallest absolute Gasteiger partial charge is 0.300 e. The van der Waals surface area contributed by atoms with E-state index in [0.29, 0.717) is 21.8 Å². The van der Waals surface area contributed by atoms with Crippen molar-refractivity contribution in [3.05, 3.63) is 98.7 Å². The van der Waals surface area contributed by atoms with Gasteiger partial charge in [0.1, 0.15) is 5.76 Å². The van der Waals surface area contributed by atoms with Crippen molar-refractivity contribution < 1.29 is 14.7 Å². The number of nitrogens with zero attached hydrogens (tertiary/aromatic N) is 2. The van der Waals surface area contributed by atoms with Crippen molar-refractivity contribution in [2.75, 3.05) is 4.90 Å². The molecule has 0 aliphatic carbocycles. The van der Waals surface area contributed by atoms with Crippen molar-refractivity contribution in [1.29, 1.82) is 0 Å². The quantitative estimate of drug-likeness (QED) is 0.306. The van der Waals surface area contributed by atoms with Crippen molar-refractivity contribution in [2.45, 2.75) is 13.0 Å². The summed E-state index contributed by atoms with van der Waals surface area (Å²) in [5.74, 6) is -1.73. The molecule has 7 heteroatoms. The summed E-state index contributed by atoms with van der Waals surface area (Å²) in [6.45, 7) is 1.93. The van der Waals surface area contributed by atoms with Gasteiger partial charge in [-0.3, -0.25) is 19.5 Å². The summed E-state index contributed by atoms with van der Waals surface area (Å²) in [4.78, 5) is 31.6. The third-order valence-electron chi connectivity index (χ3n) is 5.00. The van der Waals surface area contributed by atoms with Crippen molar-refractivity contribution in [2.24, 2.45) is 0 Å². The van der Waals surface area contributed by atoms with Gasteiger partial charge in [-0.1, -0.05) is 39.7 Å². The second kappa shape index (κ2) is 8.05. The number of aliphatic hydroxyl groups is 1. The third-order valence-corrected chi connectivity index (χ3v) is 6.10. The first-order valence-corrected chi connectivity index (χ1v) is 10.3. The first-order valence-electron chi connectivity index (χ1n) is 9.11. The maximum absolute atomic E-state index is 13.1. The van der Waals surface area contributed by atoms with Gasteiger partial charge in [-0.2, -0.15) is 0 Å². The number of halogens is 2. The Hall–Kier alpha value is -2.96. The van der Waals surface area contributed by atoms with Gasteiger partial charge >= 0.3 is 0 Å². The lowest BCUT2D eigenvalue weighted by molar-refractivity contribution is -0.132. The minimum atomic E-state index is -0.816. The summed E-state index contributed by atoms with van der Waals surface area (Å²) in [7, 11) is 0. The SMILES string of the molecule is Cc1ccc(N2C(=O)C(=O)/C(=C(/O)c3ccc(Cl)cc3)C2c2cccnc2)cc1Br. The molecule has 0 radical (unpaired) electrons. The zero-order chi connectivity index (χ0) is 21.4. The predicted molar refractivity (Wildman–Crippen MR) is 119 cm³/mol. The van der Waals surface area contributed by atoms with E-state index in [1.54, 1.807) is 60.9 Å². The second-order valence-electron chi connectivity index (χ2n) is 6.90. The number of hydrogen-bond donors (Lipinski definition) is 1. The minimum absolute atomic E-state index is 0.00650. The molecule has 1 unspecified atom stereocenters. The molecule has 1 N–H and O–H groups in total. The highest BCUT2D eigenvalue weighted by Gasteiger charge is 2.47. The van der Waals surface area contributed by atoms with Gasteiger partial charge in [0.15, 0.2) is 0 Å². The number of pyridine rings is 1. The normalized spacial score (nSPS) is 18.1. The number of aryl methyl sites for hydroxylation is 1. The molecule has 1 aromatic heterocycles. The first kappa shape index (κ1) is 20.3. The molecular weight excluding hydrogens is 468 g/mol. The minimum Gasteiger partial charge on any atom is -0.507 e. The number of anilines is 1. The third kappa shape index (κ3) is 3.53. The summed E-state index contributed by atoms with van der Waals surface area (Å²) >= 11 is 9.43. The van der Waals surface area contributed by atoms with Crippen LogP contribution in [0.1, 0.15) is 22.7 Å². The van der Waals surface area contributed by atoms with E-state index in [-0.39, 0.29) is 11.3 Å². The van der Waals surface area contributed by atoms with Gasteiger partial charge in [-0.25, -0.2) is 0 Å². The number of carbonyl (C=O) groups is 2. The average Bonchev–Trinajstić information content (AvgIpc) is 3.01. The number of aromatic nitrogens is 1. The molecule has 1 amide bonds. The molecule has 1 saturated heterocycles. The number of hydrogen-bond acceptors (Lipinski definition) is 4. The van der Waals surface area contributed by atoms with Crippen LogP contribution in [0.15, 0.2) is 77.0 Å². The van der Waals surface area contributed by atoms with E-state index in [4.69, 9.17) is 11.6 Å². The maximum Gasteiger partial charge on any atom is 0.300 e. The first-order chi connectivity index (χ1) is 14.4. The Morgan fingerprint density at radius 2 is 1.87 bits per heavy atom. The summed E-state index contributed by atoms with van der Waals surface area (Å²) in [5, 5.41) is 11.5. The van der Waals surface area contributed by atoms with Gasteiger partial charge in [-0.05, 0) is 60.5 Å². The number of amides is 1. The molecule has 0 bridgehead atoms. The Labute approximate surface area is 186 Å². The van der Waals surface area contributed by atoms with E-state index in [0.717, 1.165) is 10.0 Å². The largest absolute Gasteiger partial charge is 0.507 e. The molecule has 3 aromatic rings. The summed E-state index contributed by atoms with van der Waals surface area (Å²) < 4.78 is 0.810. The molecule has 1 fully saturated rings. The monoisotopic (exact) mass is 482 g/mol. The predicted octanol–water partition coefficient (Wildman–Crippen LogP) is 5.43. The Morgan fingerprint density at radius 1 is 1.13 bits per heavy atom. The van der Waals surface area contributed by atoms with E-state index in [1.165, 1.54) is 4.90 Å². The molecule has 0 saturated carbocycles. The van der Waals surface area contributed by atoms with E-state index in [2.05, 4.69) is 20.9 Å². The Balaban J connectivity index is 1.94. The molecule has 2 aromatic carbocycles. The molecule has 0 spiro atoms. The number of carbonyl (C=O) groups excluding carboxylic acids is 2. The van der Waals surface area contributed by atoms with Gasteiger partial charge < -0.3 is 5.11 Å². The molecule has 5 nitrogen and oxygen atoms in total. The zero-order valence-electron chi connectivity index (χ0n) is 15.8. The van der Waals surface area contributed by atoms with Gasteiger partial charge in [0.2, 0.25) is 0 Å². The lowest BCUT2D eigenvalue weighted by Gasteiger charge is -2.25. The summed E-state index contributed by atoms with van der Waals surface area (Å²) in [6.07, 6.45) is 3.19. The number of rotatable bonds is 3. The van der Waals surface area contributed by atoms with Crippen molar-refractivity contribution in [1.82, 2.24) is 4.98 Å². The highest BCUT2D eigenvalue weighted by atomic mass is 79.9. The molecular formula is C23H16BrClN2O3. The van der Waals surface area contributed by atoms with Gasteiger partial charge in [0.25, 0.3) is 11.7 Å². The standard InChI is InChI=1S/C23H16BrClN2O3/c1-13-4-9-17(11-18(13)24)27-20(15-3-2-10-26-12-15)19(22(29)23(27)30)21(28)14-5-7-16(25)8-6-14/h2-12,20,28H,1H3/b21-19+. The lowest BCUT2D eigenvalue weighted by atomic mass is 9.96. The number of ketones is 1. The highest BCUT2D eigenvalue weighted by molar-refractivity contribution is 9.10. The van der Waals surface area contributed by atoms with E-state index in [9.17, 15) is 14.7 Å². The van der Waals surface area contributed by atoms with Crippen LogP contribution in [0.3, 0.4) is 0 Å². The maximum atomic E-state index is 13.1. The number of Topliss-reactive ketones (excluding diaryl/α,β-unsaturated/α-hetero) is 1. The molecule has 4 rings (SSSR count). The van der Waals surface area contributed by atoms with E-state index in [1.807, 2.05) is 13.0 Å². The van der Waals surface area contributed by atoms with Crippen LogP contribution in [0.2, 0.25) is 5.02 Å². The molecule has 30 heavy (non-hydrogen) atoms. The van der Waals surface area contributed by atoms with Crippen LogP contribution < -0.4 is 4.90 Å².